The van der Waals surface area contributed by atoms with Gasteiger partial charge in [0.05, 0.1) is 11.1 Å². The van der Waals surface area contributed by atoms with Crippen molar-refractivity contribution in [3.8, 4) is 23.0 Å². The SMILES string of the molecule is O=C(c1cc(S(=O)(=O)O)c(O)cc1O)c1cc(S(=O)(=O)O)c(O)cc1O.[H-].[Na+]. The molecule has 0 bridgehead atoms. The van der Waals surface area contributed by atoms with Gasteiger partial charge < -0.3 is 21.9 Å². The number of benzene rings is 2. The number of phenols is 4. The molecule has 14 heteroatoms. The predicted octanol–water partition coefficient (Wildman–Crippen LogP) is -2.65. The van der Waals surface area contributed by atoms with Gasteiger partial charge in [-0.2, -0.15) is 16.8 Å². The van der Waals surface area contributed by atoms with Crippen LogP contribution < -0.4 is 29.6 Å². The topological polar surface area (TPSA) is 207 Å². The fraction of sp³-hybridized carbons (Fsp3) is 0. The average molecular weight is 430 g/mol. The average Bonchev–Trinajstić information content (AvgIpc) is 2.43. The van der Waals surface area contributed by atoms with Crippen molar-refractivity contribution in [2.75, 3.05) is 0 Å². The molecule has 2 aromatic rings. The summed E-state index contributed by atoms with van der Waals surface area (Å²) in [5.74, 6) is -5.40. The molecule has 0 aromatic heterocycles. The fourth-order valence-electron chi connectivity index (χ4n) is 2.04. The second kappa shape index (κ2) is 7.63. The summed E-state index contributed by atoms with van der Waals surface area (Å²) < 4.78 is 62.7. The Kier molecular flexibility index (Phi) is 6.55. The summed E-state index contributed by atoms with van der Waals surface area (Å²) in [7, 11) is -9.98. The van der Waals surface area contributed by atoms with Crippen LogP contribution in [0.5, 0.6) is 23.0 Å². The summed E-state index contributed by atoms with van der Waals surface area (Å²) in [6.45, 7) is 0. The van der Waals surface area contributed by atoms with Gasteiger partial charge in [0, 0.05) is 12.1 Å². The maximum Gasteiger partial charge on any atom is 1.00 e. The van der Waals surface area contributed by atoms with Gasteiger partial charge in [-0.05, 0) is 12.1 Å². The van der Waals surface area contributed by atoms with Gasteiger partial charge >= 0.3 is 29.6 Å². The molecule has 0 unspecified atom stereocenters. The maximum atomic E-state index is 12.4. The molecule has 0 aliphatic rings. The molecule has 0 atom stereocenters. The van der Waals surface area contributed by atoms with Crippen LogP contribution in [0.15, 0.2) is 34.1 Å². The van der Waals surface area contributed by atoms with E-state index < -0.39 is 69.9 Å². The van der Waals surface area contributed by atoms with Crippen LogP contribution >= 0.6 is 0 Å². The minimum Gasteiger partial charge on any atom is -1.00 e. The van der Waals surface area contributed by atoms with E-state index in [0.717, 1.165) is 0 Å². The maximum absolute atomic E-state index is 12.4. The van der Waals surface area contributed by atoms with Crippen LogP contribution in [-0.2, 0) is 20.2 Å². The van der Waals surface area contributed by atoms with Crippen LogP contribution in [-0.4, -0.2) is 52.2 Å². The van der Waals surface area contributed by atoms with Gasteiger partial charge in [0.15, 0.2) is 0 Å². The molecule has 2 aromatic carbocycles. The first-order valence-electron chi connectivity index (χ1n) is 6.35. The summed E-state index contributed by atoms with van der Waals surface area (Å²) >= 11 is 0. The Hall–Kier alpha value is -1.87. The Balaban J connectivity index is 0.00000364. The van der Waals surface area contributed by atoms with Crippen molar-refractivity contribution < 1.29 is 82.1 Å². The number of hydrogen-bond acceptors (Lipinski definition) is 9. The zero-order valence-corrected chi connectivity index (χ0v) is 17.0. The first-order valence-corrected chi connectivity index (χ1v) is 9.23. The molecule has 0 radical (unpaired) electrons. The number of rotatable bonds is 4. The Bertz CT molecular complexity index is 1050. The minimum atomic E-state index is -4.99. The molecule has 11 nitrogen and oxygen atoms in total. The first kappa shape index (κ1) is 23.2. The zero-order valence-electron chi connectivity index (χ0n) is 14.4. The Morgan fingerprint density at radius 1 is 0.667 bits per heavy atom. The van der Waals surface area contributed by atoms with Gasteiger partial charge in [0.2, 0.25) is 5.78 Å². The third-order valence-corrected chi connectivity index (χ3v) is 4.97. The van der Waals surface area contributed by atoms with Crippen molar-refractivity contribution >= 4 is 26.0 Å². The predicted molar refractivity (Wildman–Crippen MR) is 83.7 cm³/mol. The molecule has 6 N–H and O–H groups in total. The summed E-state index contributed by atoms with van der Waals surface area (Å²) in [6.07, 6.45) is 0. The van der Waals surface area contributed by atoms with Gasteiger partial charge in [0.25, 0.3) is 20.2 Å². The van der Waals surface area contributed by atoms with Crippen LogP contribution in [0.4, 0.5) is 0 Å². The normalized spacial score (nSPS) is 11.6. The number of carbonyl (C=O) groups is 1. The molecule has 0 fully saturated rings. The number of aromatic hydroxyl groups is 4. The zero-order chi connectivity index (χ0) is 20.0. The van der Waals surface area contributed by atoms with Gasteiger partial charge in [-0.3, -0.25) is 13.9 Å². The summed E-state index contributed by atoms with van der Waals surface area (Å²) in [5.41, 5.74) is -1.67. The molecule has 0 spiro atoms. The number of hydrogen-bond donors (Lipinski definition) is 6. The minimum absolute atomic E-state index is 0. The van der Waals surface area contributed by atoms with E-state index in [9.17, 15) is 42.1 Å². The number of phenolic OH excluding ortho intramolecular Hbond substituents is 4. The quantitative estimate of drug-likeness (QED) is 0.168. The smallest absolute Gasteiger partial charge is 1.00 e. The van der Waals surface area contributed by atoms with Crippen LogP contribution in [0.3, 0.4) is 0 Å². The van der Waals surface area contributed by atoms with Crippen molar-refractivity contribution in [3.63, 3.8) is 0 Å². The number of carbonyl (C=O) groups excluding carboxylic acids is 1. The van der Waals surface area contributed by atoms with Gasteiger partial charge in [-0.1, -0.05) is 0 Å². The molecule has 0 amide bonds. The monoisotopic (exact) mass is 430 g/mol. The van der Waals surface area contributed by atoms with Gasteiger partial charge in [-0.25, -0.2) is 0 Å². The van der Waals surface area contributed by atoms with Crippen molar-refractivity contribution in [2.24, 2.45) is 0 Å². The summed E-state index contributed by atoms with van der Waals surface area (Å²) in [4.78, 5) is 10.2. The van der Waals surface area contributed by atoms with E-state index in [-0.39, 0.29) is 31.0 Å². The first-order chi connectivity index (χ1) is 11.7. The van der Waals surface area contributed by atoms with Crippen molar-refractivity contribution in [1.29, 1.82) is 0 Å². The summed E-state index contributed by atoms with van der Waals surface area (Å²) in [5, 5.41) is 38.3. The molecule has 0 aliphatic heterocycles. The molecule has 0 saturated carbocycles. The van der Waals surface area contributed by atoms with Crippen molar-refractivity contribution in [1.82, 2.24) is 0 Å². The molecule has 0 saturated heterocycles. The van der Waals surface area contributed by atoms with E-state index in [1.165, 1.54) is 0 Å². The van der Waals surface area contributed by atoms with Crippen molar-refractivity contribution in [3.05, 3.63) is 35.4 Å². The molecule has 2 rings (SSSR count). The Morgan fingerprint density at radius 3 is 1.22 bits per heavy atom. The fourth-order valence-corrected chi connectivity index (χ4v) is 3.22. The van der Waals surface area contributed by atoms with Gasteiger partial charge in [-0.15, -0.1) is 0 Å². The van der Waals surface area contributed by atoms with Crippen LogP contribution in [0, 0.1) is 0 Å². The largest absolute Gasteiger partial charge is 1.00 e. The second-order valence-electron chi connectivity index (χ2n) is 4.95. The second-order valence-corrected chi connectivity index (χ2v) is 7.73. The van der Waals surface area contributed by atoms with E-state index in [1.54, 1.807) is 0 Å². The number of ketones is 1. The van der Waals surface area contributed by atoms with Gasteiger partial charge in [0.1, 0.15) is 32.8 Å². The molecule has 27 heavy (non-hydrogen) atoms. The van der Waals surface area contributed by atoms with E-state index in [4.69, 9.17) is 9.11 Å². The van der Waals surface area contributed by atoms with Crippen LogP contribution in [0.2, 0.25) is 0 Å². The third kappa shape index (κ3) is 4.70. The Labute approximate surface area is 175 Å². The van der Waals surface area contributed by atoms with Crippen molar-refractivity contribution in [2.45, 2.75) is 9.79 Å². The van der Waals surface area contributed by atoms with E-state index >= 15 is 0 Å². The molecule has 0 aliphatic carbocycles. The van der Waals surface area contributed by atoms with E-state index in [2.05, 4.69) is 0 Å². The molecule has 142 valence electrons. The summed E-state index contributed by atoms with van der Waals surface area (Å²) in [6, 6.07) is 1.64. The van der Waals surface area contributed by atoms with Crippen LogP contribution in [0.25, 0.3) is 0 Å². The molecule has 0 heterocycles. The molecular weight excluding hydrogens is 419 g/mol. The van der Waals surface area contributed by atoms with Crippen LogP contribution in [0.1, 0.15) is 17.3 Å². The molecular formula is C13H11NaO11S2. The third-order valence-electron chi connectivity index (χ3n) is 3.20. The Morgan fingerprint density at radius 2 is 0.963 bits per heavy atom. The van der Waals surface area contributed by atoms with E-state index in [1.807, 2.05) is 0 Å². The standard InChI is InChI=1S/C13H10O11S2.Na.H/c14-7-3-9(16)11(25(19,20)21)1-5(7)13(18)6-2-12(26(22,23)24)10(17)4-8(6)15;;/h1-4,14-17H,(H,19,20,21)(H,22,23,24);;/q;+1;-1. The van der Waals surface area contributed by atoms with E-state index in [0.29, 0.717) is 24.3 Å².